The van der Waals surface area contributed by atoms with E-state index in [1.807, 2.05) is 20.9 Å². The Morgan fingerprint density at radius 2 is 2.29 bits per heavy atom. The second-order valence-electron chi connectivity index (χ2n) is 3.62. The fraction of sp³-hybridized carbons (Fsp3) is 0.600. The van der Waals surface area contributed by atoms with Crippen LogP contribution in [0.4, 0.5) is 0 Å². The Bertz CT molecular complexity index is 333. The van der Waals surface area contributed by atoms with Gasteiger partial charge in [0.25, 0.3) is 0 Å². The molecule has 0 saturated carbocycles. The minimum atomic E-state index is 0.0845. The topological polar surface area (TPSA) is 34.9 Å². The summed E-state index contributed by atoms with van der Waals surface area (Å²) in [7, 11) is 1.87. The number of carbonyl (C=O) groups is 1. The van der Waals surface area contributed by atoms with Gasteiger partial charge < -0.3 is 4.79 Å². The molecule has 1 heterocycles. The highest BCUT2D eigenvalue weighted by atomic mass is 35.5. The summed E-state index contributed by atoms with van der Waals surface area (Å²) in [4.78, 5) is 10.4. The molecule has 0 bridgehead atoms. The van der Waals surface area contributed by atoms with Gasteiger partial charge >= 0.3 is 0 Å². The van der Waals surface area contributed by atoms with Gasteiger partial charge in [0, 0.05) is 13.0 Å². The molecule has 0 aliphatic rings. The third-order valence-corrected chi connectivity index (χ3v) is 2.82. The predicted octanol–water partition coefficient (Wildman–Crippen LogP) is 2.15. The van der Waals surface area contributed by atoms with Crippen molar-refractivity contribution < 1.29 is 4.79 Å². The van der Waals surface area contributed by atoms with Gasteiger partial charge in [-0.15, -0.1) is 0 Å². The maximum absolute atomic E-state index is 10.4. The van der Waals surface area contributed by atoms with Crippen LogP contribution in [-0.2, 0) is 18.3 Å². The van der Waals surface area contributed by atoms with Gasteiger partial charge in [-0.1, -0.05) is 18.5 Å². The van der Waals surface area contributed by atoms with E-state index in [2.05, 4.69) is 5.10 Å². The van der Waals surface area contributed by atoms with Gasteiger partial charge in [0.05, 0.1) is 16.4 Å². The molecule has 0 aliphatic carbocycles. The summed E-state index contributed by atoms with van der Waals surface area (Å²) < 4.78 is 1.79. The van der Waals surface area contributed by atoms with Crippen LogP contribution in [0.1, 0.15) is 24.7 Å². The van der Waals surface area contributed by atoms with Gasteiger partial charge in [-0.2, -0.15) is 5.10 Å². The Morgan fingerprint density at radius 3 is 2.71 bits per heavy atom. The largest absolute Gasteiger partial charge is 0.303 e. The van der Waals surface area contributed by atoms with Crippen molar-refractivity contribution in [2.24, 2.45) is 13.0 Å². The lowest BCUT2D eigenvalue weighted by atomic mass is 10.1. The third-order valence-electron chi connectivity index (χ3n) is 2.33. The van der Waals surface area contributed by atoms with Crippen LogP contribution in [0, 0.1) is 12.8 Å². The number of aromatic nitrogens is 2. The second kappa shape index (κ2) is 4.60. The van der Waals surface area contributed by atoms with Gasteiger partial charge in [0.2, 0.25) is 0 Å². The molecule has 78 valence electrons. The Balaban J connectivity index is 2.71. The zero-order valence-electron chi connectivity index (χ0n) is 8.75. The van der Waals surface area contributed by atoms with Crippen LogP contribution in [0.2, 0.25) is 5.02 Å². The van der Waals surface area contributed by atoms with Crippen LogP contribution in [0.15, 0.2) is 0 Å². The predicted molar refractivity (Wildman–Crippen MR) is 56.5 cm³/mol. The molecule has 1 atom stereocenters. The summed E-state index contributed by atoms with van der Waals surface area (Å²) in [5, 5.41) is 4.94. The summed E-state index contributed by atoms with van der Waals surface area (Å²) in [6, 6.07) is 0. The Kier molecular flexibility index (Phi) is 3.69. The fourth-order valence-electron chi connectivity index (χ4n) is 1.38. The highest BCUT2D eigenvalue weighted by Crippen LogP contribution is 2.21. The van der Waals surface area contributed by atoms with Crippen LogP contribution in [-0.4, -0.2) is 16.1 Å². The van der Waals surface area contributed by atoms with E-state index in [4.69, 9.17) is 11.6 Å². The molecule has 0 spiro atoms. The van der Waals surface area contributed by atoms with Crippen molar-refractivity contribution in [2.75, 3.05) is 0 Å². The molecule has 1 aromatic heterocycles. The van der Waals surface area contributed by atoms with Crippen LogP contribution in [0.3, 0.4) is 0 Å². The maximum Gasteiger partial charge on any atom is 0.122 e. The first kappa shape index (κ1) is 11.2. The van der Waals surface area contributed by atoms with Gasteiger partial charge in [0.1, 0.15) is 6.29 Å². The first-order valence-electron chi connectivity index (χ1n) is 4.69. The lowest BCUT2D eigenvalue weighted by Gasteiger charge is -2.04. The molecule has 14 heavy (non-hydrogen) atoms. The van der Waals surface area contributed by atoms with Gasteiger partial charge in [0.15, 0.2) is 0 Å². The number of carbonyl (C=O) groups excluding carboxylic acids is 1. The number of aldehydes is 1. The summed E-state index contributed by atoms with van der Waals surface area (Å²) >= 11 is 6.07. The molecule has 4 heteroatoms. The van der Waals surface area contributed by atoms with E-state index in [-0.39, 0.29) is 5.92 Å². The lowest BCUT2D eigenvalue weighted by molar-refractivity contribution is -0.110. The van der Waals surface area contributed by atoms with E-state index < -0.39 is 0 Å². The average Bonchev–Trinajstić information content (AvgIpc) is 2.39. The van der Waals surface area contributed by atoms with Crippen molar-refractivity contribution in [3.63, 3.8) is 0 Å². The fourth-order valence-corrected chi connectivity index (χ4v) is 1.64. The highest BCUT2D eigenvalue weighted by Gasteiger charge is 2.11. The molecule has 0 aliphatic heterocycles. The Morgan fingerprint density at radius 1 is 1.64 bits per heavy atom. The summed E-state index contributed by atoms with van der Waals surface area (Å²) in [6.45, 7) is 3.79. The first-order chi connectivity index (χ1) is 6.56. The first-order valence-corrected chi connectivity index (χ1v) is 5.07. The van der Waals surface area contributed by atoms with Crippen LogP contribution in [0.25, 0.3) is 0 Å². The molecular weight excluding hydrogens is 200 g/mol. The standard InChI is InChI=1S/C10H15ClN2O/c1-7(6-14)4-5-9-10(11)8(2)12-13(9)3/h6-7H,4-5H2,1-3H3. The molecule has 1 unspecified atom stereocenters. The minimum absolute atomic E-state index is 0.0845. The summed E-state index contributed by atoms with van der Waals surface area (Å²) in [5.41, 5.74) is 1.86. The zero-order valence-corrected chi connectivity index (χ0v) is 9.51. The molecule has 1 rings (SSSR count). The van der Waals surface area contributed by atoms with Crippen molar-refractivity contribution in [3.05, 3.63) is 16.4 Å². The van der Waals surface area contributed by atoms with Gasteiger partial charge in [-0.25, -0.2) is 0 Å². The quantitative estimate of drug-likeness (QED) is 0.720. The molecule has 0 saturated heterocycles. The van der Waals surface area contributed by atoms with Crippen LogP contribution < -0.4 is 0 Å². The van der Waals surface area contributed by atoms with Crippen molar-refractivity contribution in [1.82, 2.24) is 9.78 Å². The smallest absolute Gasteiger partial charge is 0.122 e. The molecule has 1 aromatic rings. The maximum atomic E-state index is 10.4. The number of halogens is 1. The molecule has 0 aromatic carbocycles. The number of hydrogen-bond acceptors (Lipinski definition) is 2. The molecule has 0 N–H and O–H groups in total. The molecule has 0 amide bonds. The van der Waals surface area contributed by atoms with E-state index in [0.717, 1.165) is 35.5 Å². The number of nitrogens with zero attached hydrogens (tertiary/aromatic N) is 2. The van der Waals surface area contributed by atoms with Crippen molar-refractivity contribution in [1.29, 1.82) is 0 Å². The molecule has 0 fully saturated rings. The monoisotopic (exact) mass is 214 g/mol. The third kappa shape index (κ3) is 2.35. The summed E-state index contributed by atoms with van der Waals surface area (Å²) in [6.07, 6.45) is 2.59. The number of hydrogen-bond donors (Lipinski definition) is 0. The van der Waals surface area contributed by atoms with E-state index in [9.17, 15) is 4.79 Å². The molecular formula is C10H15ClN2O. The average molecular weight is 215 g/mol. The lowest BCUT2D eigenvalue weighted by Crippen LogP contribution is -2.03. The normalized spacial score (nSPS) is 12.9. The highest BCUT2D eigenvalue weighted by molar-refractivity contribution is 6.31. The van der Waals surface area contributed by atoms with Gasteiger partial charge in [-0.05, 0) is 19.8 Å². The van der Waals surface area contributed by atoms with Crippen LogP contribution in [0.5, 0.6) is 0 Å². The van der Waals surface area contributed by atoms with E-state index in [0.29, 0.717) is 0 Å². The number of aryl methyl sites for hydroxylation is 2. The van der Waals surface area contributed by atoms with Crippen molar-refractivity contribution in [2.45, 2.75) is 26.7 Å². The van der Waals surface area contributed by atoms with Crippen molar-refractivity contribution >= 4 is 17.9 Å². The van der Waals surface area contributed by atoms with Crippen LogP contribution >= 0.6 is 11.6 Å². The second-order valence-corrected chi connectivity index (χ2v) is 4.00. The van der Waals surface area contributed by atoms with E-state index in [1.165, 1.54) is 0 Å². The van der Waals surface area contributed by atoms with Crippen molar-refractivity contribution in [3.8, 4) is 0 Å². The SMILES string of the molecule is Cc1nn(C)c(CCC(C)C=O)c1Cl. The zero-order chi connectivity index (χ0) is 10.7. The molecule has 0 radical (unpaired) electrons. The Hall–Kier alpha value is -0.830. The Labute approximate surface area is 89.1 Å². The molecule has 3 nitrogen and oxygen atoms in total. The minimum Gasteiger partial charge on any atom is -0.303 e. The number of rotatable bonds is 4. The summed E-state index contributed by atoms with van der Waals surface area (Å²) in [5.74, 6) is 0.0845. The van der Waals surface area contributed by atoms with E-state index >= 15 is 0 Å². The van der Waals surface area contributed by atoms with E-state index in [1.54, 1.807) is 4.68 Å². The van der Waals surface area contributed by atoms with Gasteiger partial charge in [-0.3, -0.25) is 4.68 Å².